The second-order valence-corrected chi connectivity index (χ2v) is 8.13. The van der Waals surface area contributed by atoms with E-state index in [4.69, 9.17) is 16.6 Å². The Balaban J connectivity index is 1.83. The van der Waals surface area contributed by atoms with Gasteiger partial charge in [-0.3, -0.25) is 14.4 Å². The van der Waals surface area contributed by atoms with E-state index in [1.54, 1.807) is 9.58 Å². The molecule has 0 radical (unpaired) electrons. The van der Waals surface area contributed by atoms with Gasteiger partial charge in [-0.15, -0.1) is 0 Å². The number of carbonyl (C=O) groups excluding carboxylic acids is 1. The summed E-state index contributed by atoms with van der Waals surface area (Å²) in [5, 5.41) is 5.62. The minimum atomic E-state index is -0.171. The van der Waals surface area contributed by atoms with E-state index in [0.29, 0.717) is 22.4 Å². The number of halogens is 1. The van der Waals surface area contributed by atoms with Crippen LogP contribution in [0.25, 0.3) is 10.2 Å². The summed E-state index contributed by atoms with van der Waals surface area (Å²) < 4.78 is 2.54. The first-order valence-electron chi connectivity index (χ1n) is 8.85. The van der Waals surface area contributed by atoms with Crippen LogP contribution in [0.1, 0.15) is 27.2 Å². The van der Waals surface area contributed by atoms with Crippen molar-refractivity contribution in [3.63, 3.8) is 0 Å². The highest BCUT2D eigenvalue weighted by molar-refractivity contribution is 7.23. The first-order chi connectivity index (χ1) is 13.4. The van der Waals surface area contributed by atoms with Crippen LogP contribution >= 0.6 is 22.9 Å². The number of anilines is 1. The summed E-state index contributed by atoms with van der Waals surface area (Å²) in [6, 6.07) is 13.7. The van der Waals surface area contributed by atoms with Crippen LogP contribution in [-0.2, 0) is 13.6 Å². The fourth-order valence-electron chi connectivity index (χ4n) is 3.14. The van der Waals surface area contributed by atoms with Crippen molar-refractivity contribution in [2.24, 2.45) is 7.05 Å². The molecule has 0 atom stereocenters. The molecule has 2 aromatic carbocycles. The lowest BCUT2D eigenvalue weighted by atomic mass is 10.2. The van der Waals surface area contributed by atoms with E-state index >= 15 is 0 Å². The van der Waals surface area contributed by atoms with Gasteiger partial charge < -0.3 is 0 Å². The number of aromatic nitrogens is 3. The zero-order chi connectivity index (χ0) is 19.8. The summed E-state index contributed by atoms with van der Waals surface area (Å²) in [5.74, 6) is -0.171. The van der Waals surface area contributed by atoms with Gasteiger partial charge in [0.15, 0.2) is 10.8 Å². The van der Waals surface area contributed by atoms with Crippen molar-refractivity contribution in [1.29, 1.82) is 0 Å². The van der Waals surface area contributed by atoms with E-state index in [1.807, 2.05) is 69.6 Å². The average molecular weight is 411 g/mol. The Labute approximate surface area is 172 Å². The van der Waals surface area contributed by atoms with E-state index in [2.05, 4.69) is 5.10 Å². The number of amides is 1. The van der Waals surface area contributed by atoms with Crippen molar-refractivity contribution in [3.8, 4) is 0 Å². The molecule has 0 aliphatic heterocycles. The number of aryl methyl sites for hydroxylation is 3. The largest absolute Gasteiger partial charge is 0.281 e. The molecular formula is C21H19ClN4OS. The number of hydrogen-bond acceptors (Lipinski definition) is 4. The summed E-state index contributed by atoms with van der Waals surface area (Å²) in [5.41, 5.74) is 4.15. The lowest BCUT2D eigenvalue weighted by Gasteiger charge is -2.19. The first kappa shape index (κ1) is 18.7. The first-order valence-corrected chi connectivity index (χ1v) is 10.0. The molecule has 2 aromatic heterocycles. The monoisotopic (exact) mass is 410 g/mol. The highest BCUT2D eigenvalue weighted by Crippen LogP contribution is 2.36. The Hall–Kier alpha value is -2.70. The number of fused-ring (bicyclic) bond motifs is 1. The van der Waals surface area contributed by atoms with E-state index < -0.39 is 0 Å². The van der Waals surface area contributed by atoms with Gasteiger partial charge in [0.2, 0.25) is 0 Å². The third kappa shape index (κ3) is 3.41. The average Bonchev–Trinajstić information content (AvgIpc) is 3.27. The van der Waals surface area contributed by atoms with Crippen molar-refractivity contribution in [3.05, 3.63) is 76.1 Å². The predicted octanol–water partition coefficient (Wildman–Crippen LogP) is 5.15. The molecule has 0 fully saturated rings. The lowest BCUT2D eigenvalue weighted by Crippen LogP contribution is -2.31. The van der Waals surface area contributed by atoms with Crippen LogP contribution in [0.3, 0.4) is 0 Å². The zero-order valence-electron chi connectivity index (χ0n) is 15.8. The molecule has 0 aliphatic rings. The van der Waals surface area contributed by atoms with Gasteiger partial charge >= 0.3 is 0 Å². The number of thiazole rings is 1. The normalized spacial score (nSPS) is 11.1. The molecule has 2 heterocycles. The highest BCUT2D eigenvalue weighted by atomic mass is 35.5. The van der Waals surface area contributed by atoms with Crippen LogP contribution in [0.15, 0.2) is 48.7 Å². The number of hydrogen-bond donors (Lipinski definition) is 0. The van der Waals surface area contributed by atoms with Crippen LogP contribution in [-0.4, -0.2) is 20.7 Å². The quantitative estimate of drug-likeness (QED) is 0.467. The van der Waals surface area contributed by atoms with Gasteiger partial charge in [0.25, 0.3) is 5.91 Å². The molecular weight excluding hydrogens is 392 g/mol. The maximum Gasteiger partial charge on any atom is 0.281 e. The summed E-state index contributed by atoms with van der Waals surface area (Å²) in [4.78, 5) is 19.9. The summed E-state index contributed by atoms with van der Waals surface area (Å²) in [6.07, 6.45) is 1.84. The van der Waals surface area contributed by atoms with Gasteiger partial charge in [0, 0.05) is 18.8 Å². The molecule has 142 valence electrons. The van der Waals surface area contributed by atoms with Gasteiger partial charge in [-0.25, -0.2) is 4.98 Å². The molecule has 0 N–H and O–H groups in total. The molecule has 4 rings (SSSR count). The molecule has 0 saturated heterocycles. The molecule has 1 amide bonds. The van der Waals surface area contributed by atoms with Crippen LogP contribution in [0.2, 0.25) is 5.02 Å². The Kier molecular flexibility index (Phi) is 4.91. The van der Waals surface area contributed by atoms with Crippen molar-refractivity contribution < 1.29 is 4.79 Å². The van der Waals surface area contributed by atoms with E-state index in [1.165, 1.54) is 11.3 Å². The van der Waals surface area contributed by atoms with E-state index in [0.717, 1.165) is 26.9 Å². The van der Waals surface area contributed by atoms with Crippen LogP contribution in [0, 0.1) is 13.8 Å². The number of rotatable bonds is 4. The molecule has 0 aliphatic carbocycles. The Bertz CT molecular complexity index is 1130. The minimum Gasteiger partial charge on any atom is -0.278 e. The molecule has 28 heavy (non-hydrogen) atoms. The summed E-state index contributed by atoms with van der Waals surface area (Å²) >= 11 is 7.81. The number of benzene rings is 2. The lowest BCUT2D eigenvalue weighted by molar-refractivity contribution is 0.0979. The van der Waals surface area contributed by atoms with E-state index in [9.17, 15) is 4.79 Å². The van der Waals surface area contributed by atoms with Gasteiger partial charge in [-0.05, 0) is 31.0 Å². The molecule has 5 nitrogen and oxygen atoms in total. The number of nitrogens with zero attached hydrogens (tertiary/aromatic N) is 4. The Morgan fingerprint density at radius 1 is 1.14 bits per heavy atom. The minimum absolute atomic E-state index is 0.171. The molecule has 0 saturated carbocycles. The fraction of sp³-hybridized carbons (Fsp3) is 0.190. The van der Waals surface area contributed by atoms with Crippen LogP contribution < -0.4 is 4.90 Å². The second kappa shape index (κ2) is 7.37. The Morgan fingerprint density at radius 3 is 2.54 bits per heavy atom. The maximum absolute atomic E-state index is 13.4. The van der Waals surface area contributed by atoms with Crippen LogP contribution in [0.5, 0.6) is 0 Å². The SMILES string of the molecule is Cc1cn(C)nc1C(=O)N(Cc1ccccc1)c1nc2c(C)ccc(Cl)c2s1. The Morgan fingerprint density at radius 2 is 1.89 bits per heavy atom. The van der Waals surface area contributed by atoms with Crippen LogP contribution in [0.4, 0.5) is 5.13 Å². The van der Waals surface area contributed by atoms with Gasteiger partial charge in [0.1, 0.15) is 0 Å². The van der Waals surface area contributed by atoms with Gasteiger partial charge in [-0.1, -0.05) is 59.3 Å². The number of carbonyl (C=O) groups is 1. The third-order valence-electron chi connectivity index (χ3n) is 4.56. The van der Waals surface area contributed by atoms with Crippen molar-refractivity contribution in [2.75, 3.05) is 4.90 Å². The standard InChI is InChI=1S/C21H19ClN4OS/c1-13-9-10-16(22)19-17(13)23-21(28-19)26(12-15-7-5-4-6-8-15)20(27)18-14(2)11-25(3)24-18/h4-11H,12H2,1-3H3. The molecule has 7 heteroatoms. The third-order valence-corrected chi connectivity index (χ3v) is 6.10. The highest BCUT2D eigenvalue weighted by Gasteiger charge is 2.26. The van der Waals surface area contributed by atoms with E-state index in [-0.39, 0.29) is 5.91 Å². The molecule has 0 unspecified atom stereocenters. The predicted molar refractivity (Wildman–Crippen MR) is 114 cm³/mol. The summed E-state index contributed by atoms with van der Waals surface area (Å²) in [7, 11) is 1.81. The topological polar surface area (TPSA) is 51.0 Å². The fourth-order valence-corrected chi connectivity index (χ4v) is 4.46. The van der Waals surface area contributed by atoms with Crippen molar-refractivity contribution in [2.45, 2.75) is 20.4 Å². The molecule has 4 aromatic rings. The molecule has 0 spiro atoms. The van der Waals surface area contributed by atoms with Gasteiger partial charge in [-0.2, -0.15) is 5.10 Å². The maximum atomic E-state index is 13.4. The zero-order valence-corrected chi connectivity index (χ0v) is 17.4. The second-order valence-electron chi connectivity index (χ2n) is 6.75. The van der Waals surface area contributed by atoms with Gasteiger partial charge in [0.05, 0.1) is 21.8 Å². The molecule has 0 bridgehead atoms. The van der Waals surface area contributed by atoms with Crippen molar-refractivity contribution >= 4 is 44.2 Å². The smallest absolute Gasteiger partial charge is 0.278 e. The summed E-state index contributed by atoms with van der Waals surface area (Å²) in [6.45, 7) is 4.29. The van der Waals surface area contributed by atoms with Crippen molar-refractivity contribution in [1.82, 2.24) is 14.8 Å².